The topological polar surface area (TPSA) is 49.0 Å². The normalized spacial score (nSPS) is 19.3. The van der Waals surface area contributed by atoms with Gasteiger partial charge in [-0.15, -0.1) is 0 Å². The van der Waals surface area contributed by atoms with Gasteiger partial charge in [0.05, 0.1) is 33.5 Å². The molecule has 1 atom stereocenters. The van der Waals surface area contributed by atoms with Crippen LogP contribution < -0.4 is 19.5 Å². The lowest BCUT2D eigenvalue weighted by Crippen LogP contribution is -2.44. The predicted octanol–water partition coefficient (Wildman–Crippen LogP) is 1.07. The van der Waals surface area contributed by atoms with Crippen molar-refractivity contribution in [3.63, 3.8) is 0 Å². The third-order valence-corrected chi connectivity index (χ3v) is 2.77. The number of methoxy groups -OCH3 is 2. The van der Waals surface area contributed by atoms with E-state index < -0.39 is 0 Å². The molecule has 1 aliphatic rings. The van der Waals surface area contributed by atoms with Gasteiger partial charge in [0.1, 0.15) is 23.9 Å². The Bertz CT molecular complexity index is 355. The van der Waals surface area contributed by atoms with Crippen LogP contribution >= 0.6 is 0 Å². The van der Waals surface area contributed by atoms with Gasteiger partial charge in [-0.05, 0) is 0 Å². The fourth-order valence-electron chi connectivity index (χ4n) is 1.79. The summed E-state index contributed by atoms with van der Waals surface area (Å²) in [6, 6.07) is 5.73. The molecule has 1 fully saturated rings. The Morgan fingerprint density at radius 2 is 1.83 bits per heavy atom. The molecule has 0 bridgehead atoms. The molecule has 1 aliphatic heterocycles. The van der Waals surface area contributed by atoms with E-state index in [1.54, 1.807) is 14.2 Å². The molecule has 1 N–H and O–H groups in total. The smallest absolute Gasteiger partial charge is 0.126 e. The Hall–Kier alpha value is -1.46. The molecule has 0 saturated carbocycles. The van der Waals surface area contributed by atoms with Crippen molar-refractivity contribution >= 4 is 0 Å². The minimum absolute atomic E-state index is 0.232. The lowest BCUT2D eigenvalue weighted by atomic mass is 10.3. The number of nitrogens with one attached hydrogen (secondary N) is 1. The largest absolute Gasteiger partial charge is 0.496 e. The van der Waals surface area contributed by atoms with E-state index >= 15 is 0 Å². The molecule has 5 nitrogen and oxygen atoms in total. The van der Waals surface area contributed by atoms with Crippen LogP contribution in [0, 0.1) is 0 Å². The molecule has 1 heterocycles. The second kappa shape index (κ2) is 6.47. The first-order valence-electron chi connectivity index (χ1n) is 5.99. The van der Waals surface area contributed by atoms with Crippen molar-refractivity contribution in [3.8, 4) is 17.2 Å². The maximum atomic E-state index is 5.73. The van der Waals surface area contributed by atoms with Gasteiger partial charge in [-0.1, -0.05) is 0 Å². The van der Waals surface area contributed by atoms with Crippen molar-refractivity contribution in [3.05, 3.63) is 18.2 Å². The summed E-state index contributed by atoms with van der Waals surface area (Å²) in [6.07, 6.45) is 0. The number of rotatable bonds is 5. The first-order chi connectivity index (χ1) is 8.81. The minimum atomic E-state index is 0.232. The Morgan fingerprint density at radius 1 is 1.17 bits per heavy atom. The third kappa shape index (κ3) is 3.51. The van der Waals surface area contributed by atoms with Gasteiger partial charge in [-0.3, -0.25) is 0 Å². The van der Waals surface area contributed by atoms with Crippen LogP contribution in [0.2, 0.25) is 0 Å². The Balaban J connectivity index is 1.94. The van der Waals surface area contributed by atoms with Gasteiger partial charge < -0.3 is 24.3 Å². The zero-order chi connectivity index (χ0) is 12.8. The maximum absolute atomic E-state index is 5.73. The summed E-state index contributed by atoms with van der Waals surface area (Å²) in [5.41, 5.74) is 0. The van der Waals surface area contributed by atoms with Crippen LogP contribution in [0.15, 0.2) is 18.2 Å². The van der Waals surface area contributed by atoms with Gasteiger partial charge in [0.15, 0.2) is 0 Å². The lowest BCUT2D eigenvalue weighted by Gasteiger charge is -2.23. The molecule has 18 heavy (non-hydrogen) atoms. The zero-order valence-corrected chi connectivity index (χ0v) is 10.8. The number of hydrogen-bond acceptors (Lipinski definition) is 5. The van der Waals surface area contributed by atoms with E-state index in [-0.39, 0.29) is 6.04 Å². The van der Waals surface area contributed by atoms with E-state index in [0.717, 1.165) is 30.4 Å². The summed E-state index contributed by atoms with van der Waals surface area (Å²) in [6.45, 7) is 2.89. The molecule has 0 amide bonds. The number of ether oxygens (including phenoxy) is 4. The second-order valence-electron chi connectivity index (χ2n) is 4.09. The van der Waals surface area contributed by atoms with Crippen LogP contribution in [0.5, 0.6) is 17.2 Å². The monoisotopic (exact) mass is 253 g/mol. The summed E-state index contributed by atoms with van der Waals surface area (Å²) in [4.78, 5) is 0. The average Bonchev–Trinajstić information content (AvgIpc) is 2.45. The molecule has 0 spiro atoms. The molecular weight excluding hydrogens is 234 g/mol. The van der Waals surface area contributed by atoms with Gasteiger partial charge in [0.25, 0.3) is 0 Å². The first kappa shape index (κ1) is 13.0. The van der Waals surface area contributed by atoms with E-state index in [0.29, 0.717) is 13.2 Å². The molecular formula is C13H19NO4. The Labute approximate surface area is 107 Å². The molecule has 2 rings (SSSR count). The van der Waals surface area contributed by atoms with Gasteiger partial charge >= 0.3 is 0 Å². The summed E-state index contributed by atoms with van der Waals surface area (Å²) in [5, 5.41) is 3.33. The van der Waals surface area contributed by atoms with Crippen LogP contribution in [0.4, 0.5) is 0 Å². The average molecular weight is 253 g/mol. The van der Waals surface area contributed by atoms with Crippen molar-refractivity contribution in [2.45, 2.75) is 6.04 Å². The summed E-state index contributed by atoms with van der Waals surface area (Å²) < 4.78 is 21.5. The highest BCUT2D eigenvalue weighted by molar-refractivity contribution is 5.42. The van der Waals surface area contributed by atoms with E-state index in [4.69, 9.17) is 18.9 Å². The van der Waals surface area contributed by atoms with Crippen LogP contribution in [0.3, 0.4) is 0 Å². The maximum Gasteiger partial charge on any atom is 0.126 e. The predicted molar refractivity (Wildman–Crippen MR) is 67.7 cm³/mol. The SMILES string of the molecule is COc1cc(OC)cc(OCC2COCCN2)c1. The van der Waals surface area contributed by atoms with Crippen molar-refractivity contribution in [2.24, 2.45) is 0 Å². The quantitative estimate of drug-likeness (QED) is 0.850. The molecule has 1 unspecified atom stereocenters. The van der Waals surface area contributed by atoms with Crippen LogP contribution in [-0.4, -0.2) is 46.6 Å². The van der Waals surface area contributed by atoms with Gasteiger partial charge in [-0.2, -0.15) is 0 Å². The third-order valence-electron chi connectivity index (χ3n) is 2.77. The fraction of sp³-hybridized carbons (Fsp3) is 0.538. The number of morpholine rings is 1. The second-order valence-corrected chi connectivity index (χ2v) is 4.09. The molecule has 1 saturated heterocycles. The molecule has 0 radical (unpaired) electrons. The Kier molecular flexibility index (Phi) is 4.66. The van der Waals surface area contributed by atoms with Gasteiger partial charge in [0, 0.05) is 24.7 Å². The summed E-state index contributed by atoms with van der Waals surface area (Å²) in [7, 11) is 3.24. The molecule has 0 aromatic heterocycles. The van der Waals surface area contributed by atoms with Crippen molar-refractivity contribution < 1.29 is 18.9 Å². The van der Waals surface area contributed by atoms with E-state index in [9.17, 15) is 0 Å². The molecule has 1 aromatic carbocycles. The summed E-state index contributed by atoms with van der Waals surface area (Å²) >= 11 is 0. The highest BCUT2D eigenvalue weighted by Crippen LogP contribution is 2.27. The van der Waals surface area contributed by atoms with Crippen LogP contribution in [0.1, 0.15) is 0 Å². The molecule has 100 valence electrons. The standard InChI is InChI=1S/C13H19NO4/c1-15-11-5-12(16-2)7-13(6-11)18-9-10-8-17-4-3-14-10/h5-7,10,14H,3-4,8-9H2,1-2H3. The van der Waals surface area contributed by atoms with E-state index in [1.165, 1.54) is 0 Å². The number of hydrogen-bond donors (Lipinski definition) is 1. The van der Waals surface area contributed by atoms with Gasteiger partial charge in [-0.25, -0.2) is 0 Å². The molecule has 0 aliphatic carbocycles. The fourth-order valence-corrected chi connectivity index (χ4v) is 1.79. The highest BCUT2D eigenvalue weighted by Gasteiger charge is 2.14. The number of benzene rings is 1. The minimum Gasteiger partial charge on any atom is -0.496 e. The first-order valence-corrected chi connectivity index (χ1v) is 5.99. The lowest BCUT2D eigenvalue weighted by molar-refractivity contribution is 0.0592. The van der Waals surface area contributed by atoms with Crippen LogP contribution in [-0.2, 0) is 4.74 Å². The van der Waals surface area contributed by atoms with Crippen molar-refractivity contribution in [2.75, 3.05) is 40.6 Å². The highest BCUT2D eigenvalue weighted by atomic mass is 16.5. The Morgan fingerprint density at radius 3 is 2.39 bits per heavy atom. The van der Waals surface area contributed by atoms with Crippen molar-refractivity contribution in [1.82, 2.24) is 5.32 Å². The zero-order valence-electron chi connectivity index (χ0n) is 10.8. The van der Waals surface area contributed by atoms with E-state index in [1.807, 2.05) is 18.2 Å². The van der Waals surface area contributed by atoms with Gasteiger partial charge in [0.2, 0.25) is 0 Å². The van der Waals surface area contributed by atoms with Crippen LogP contribution in [0.25, 0.3) is 0 Å². The van der Waals surface area contributed by atoms with Crippen molar-refractivity contribution in [1.29, 1.82) is 0 Å². The van der Waals surface area contributed by atoms with E-state index in [2.05, 4.69) is 5.32 Å². The molecule has 1 aromatic rings. The summed E-state index contributed by atoms with van der Waals surface area (Å²) in [5.74, 6) is 2.17. The molecule has 5 heteroatoms.